The molecule has 0 saturated carbocycles. The molecule has 0 aromatic heterocycles. The van der Waals surface area contributed by atoms with Crippen LogP contribution in [0.4, 0.5) is 11.4 Å². The average Bonchev–Trinajstić information content (AvgIpc) is 2.88. The van der Waals surface area contributed by atoms with Gasteiger partial charge in [0.05, 0.1) is 23.5 Å². The lowest BCUT2D eigenvalue weighted by atomic mass is 10.1. The Morgan fingerprint density at radius 1 is 1.18 bits per heavy atom. The second-order valence-corrected chi connectivity index (χ2v) is 6.76. The number of imide groups is 1. The molecule has 1 saturated heterocycles. The Morgan fingerprint density at radius 3 is 2.61 bits per heavy atom. The minimum atomic E-state index is -1.20. The fourth-order valence-corrected chi connectivity index (χ4v) is 3.16. The van der Waals surface area contributed by atoms with Crippen molar-refractivity contribution < 1.29 is 19.1 Å². The summed E-state index contributed by atoms with van der Waals surface area (Å²) in [6.07, 6.45) is 0. The number of benzene rings is 2. The molecule has 1 aliphatic rings. The molecule has 0 radical (unpaired) electrons. The normalized spacial score (nSPS) is 18.1. The Bertz CT molecular complexity index is 1000. The van der Waals surface area contributed by atoms with E-state index in [-0.39, 0.29) is 12.3 Å². The van der Waals surface area contributed by atoms with E-state index in [0.717, 1.165) is 16.0 Å². The Hall–Kier alpha value is -2.99. The Kier molecular flexibility index (Phi) is 5.61. The van der Waals surface area contributed by atoms with Crippen molar-refractivity contribution in [2.24, 2.45) is 4.99 Å². The molecular weight excluding hydrogens is 380 g/mol. The molecule has 2 amide bonds. The van der Waals surface area contributed by atoms with Crippen molar-refractivity contribution in [2.45, 2.75) is 26.1 Å². The molecule has 1 atom stereocenters. The smallest absolute Gasteiger partial charge is 0.338 e. The van der Waals surface area contributed by atoms with E-state index >= 15 is 0 Å². The summed E-state index contributed by atoms with van der Waals surface area (Å²) in [4.78, 5) is 42.8. The maximum Gasteiger partial charge on any atom is 0.338 e. The van der Waals surface area contributed by atoms with Gasteiger partial charge >= 0.3 is 5.97 Å². The van der Waals surface area contributed by atoms with Crippen LogP contribution in [0, 0.1) is 13.8 Å². The van der Waals surface area contributed by atoms with Gasteiger partial charge in [-0.05, 0) is 56.2 Å². The van der Waals surface area contributed by atoms with Crippen molar-refractivity contribution >= 4 is 46.5 Å². The monoisotopic (exact) mass is 398 g/mol. The maximum atomic E-state index is 12.9. The molecule has 0 bridgehead atoms. The van der Waals surface area contributed by atoms with Gasteiger partial charge in [-0.15, -0.1) is 11.6 Å². The van der Waals surface area contributed by atoms with Crippen LogP contribution in [0.1, 0.15) is 28.4 Å². The van der Waals surface area contributed by atoms with Crippen molar-refractivity contribution in [3.8, 4) is 0 Å². The van der Waals surface area contributed by atoms with Crippen LogP contribution in [0.15, 0.2) is 47.5 Å². The highest BCUT2D eigenvalue weighted by Crippen LogP contribution is 2.30. The summed E-state index contributed by atoms with van der Waals surface area (Å²) in [5.41, 5.74) is 2.84. The van der Waals surface area contributed by atoms with Crippen molar-refractivity contribution in [3.63, 3.8) is 0 Å². The first kappa shape index (κ1) is 19.8. The van der Waals surface area contributed by atoms with Crippen LogP contribution in [-0.2, 0) is 14.3 Å². The second kappa shape index (κ2) is 7.94. The van der Waals surface area contributed by atoms with Gasteiger partial charge < -0.3 is 4.74 Å². The van der Waals surface area contributed by atoms with Crippen LogP contribution in [-0.4, -0.2) is 35.5 Å². The van der Waals surface area contributed by atoms with Crippen molar-refractivity contribution in [2.75, 3.05) is 11.5 Å². The van der Waals surface area contributed by atoms with Crippen LogP contribution in [0.25, 0.3) is 0 Å². The molecule has 2 aromatic carbocycles. The molecule has 0 N–H and O–H groups in total. The molecule has 2 aromatic rings. The first-order chi connectivity index (χ1) is 13.3. The van der Waals surface area contributed by atoms with E-state index in [9.17, 15) is 14.4 Å². The van der Waals surface area contributed by atoms with E-state index < -0.39 is 23.2 Å². The van der Waals surface area contributed by atoms with E-state index in [1.165, 1.54) is 6.07 Å². The molecule has 28 heavy (non-hydrogen) atoms. The molecule has 144 valence electrons. The summed E-state index contributed by atoms with van der Waals surface area (Å²) in [5, 5.41) is -1.20. The number of ether oxygens (including phenoxy) is 1. The van der Waals surface area contributed by atoms with Crippen LogP contribution in [0.3, 0.4) is 0 Å². The number of aliphatic imine (C=N–C) groups is 1. The van der Waals surface area contributed by atoms with Gasteiger partial charge in [0, 0.05) is 0 Å². The van der Waals surface area contributed by atoms with Crippen LogP contribution < -0.4 is 4.90 Å². The van der Waals surface area contributed by atoms with Gasteiger partial charge in [0.1, 0.15) is 5.71 Å². The number of nitrogens with zero attached hydrogens (tertiary/aromatic N) is 2. The number of hydrogen-bond donors (Lipinski definition) is 0. The van der Waals surface area contributed by atoms with E-state index in [1.807, 2.05) is 19.9 Å². The van der Waals surface area contributed by atoms with Crippen LogP contribution >= 0.6 is 11.6 Å². The summed E-state index contributed by atoms with van der Waals surface area (Å²) in [6, 6.07) is 11.7. The molecule has 1 fully saturated rings. The fraction of sp³-hybridized carbons (Fsp3) is 0.238. The molecule has 0 spiro atoms. The second-order valence-electron chi connectivity index (χ2n) is 6.33. The third-order valence-electron chi connectivity index (χ3n) is 4.52. The van der Waals surface area contributed by atoms with Gasteiger partial charge in [-0.2, -0.15) is 0 Å². The third-order valence-corrected chi connectivity index (χ3v) is 4.92. The Labute approximate surface area is 167 Å². The zero-order valence-corrected chi connectivity index (χ0v) is 16.5. The molecule has 0 aliphatic carbocycles. The first-order valence-electron chi connectivity index (χ1n) is 8.79. The minimum Gasteiger partial charge on any atom is -0.462 e. The lowest BCUT2D eigenvalue weighted by Crippen LogP contribution is -2.31. The summed E-state index contributed by atoms with van der Waals surface area (Å²) < 4.78 is 4.97. The highest BCUT2D eigenvalue weighted by Gasteiger charge is 2.45. The number of carbonyl (C=O) groups excluding carboxylic acids is 3. The number of anilines is 1. The Balaban J connectivity index is 1.98. The SMILES string of the molecule is CCOC(=O)c1cccc(N=C2C(=O)N(c3cccc(C)c3C)C(=O)C2Cl)c1. The summed E-state index contributed by atoms with van der Waals surface area (Å²) in [6.45, 7) is 5.70. The lowest BCUT2D eigenvalue weighted by molar-refractivity contribution is -0.120. The van der Waals surface area contributed by atoms with Gasteiger partial charge in [0.25, 0.3) is 11.8 Å². The number of amides is 2. The number of esters is 1. The van der Waals surface area contributed by atoms with Gasteiger partial charge in [0.15, 0.2) is 5.38 Å². The fourth-order valence-electron chi connectivity index (χ4n) is 2.92. The molecule has 1 aliphatic heterocycles. The molecule has 1 heterocycles. The van der Waals surface area contributed by atoms with Crippen molar-refractivity contribution in [1.29, 1.82) is 0 Å². The predicted octanol–water partition coefficient (Wildman–Crippen LogP) is 3.73. The largest absolute Gasteiger partial charge is 0.462 e. The zero-order valence-electron chi connectivity index (χ0n) is 15.7. The summed E-state index contributed by atoms with van der Waals surface area (Å²) in [5.74, 6) is -1.60. The van der Waals surface area contributed by atoms with E-state index in [4.69, 9.17) is 16.3 Å². The first-order valence-corrected chi connectivity index (χ1v) is 9.23. The number of carbonyl (C=O) groups is 3. The van der Waals surface area contributed by atoms with Crippen molar-refractivity contribution in [1.82, 2.24) is 0 Å². The quantitative estimate of drug-likeness (QED) is 0.446. The molecule has 6 nitrogen and oxygen atoms in total. The van der Waals surface area contributed by atoms with Gasteiger partial charge in [-0.1, -0.05) is 18.2 Å². The predicted molar refractivity (Wildman–Crippen MR) is 108 cm³/mol. The number of halogens is 1. The van der Waals surface area contributed by atoms with Gasteiger partial charge in [-0.3, -0.25) is 9.59 Å². The molecule has 3 rings (SSSR count). The van der Waals surface area contributed by atoms with E-state index in [2.05, 4.69) is 4.99 Å². The number of alkyl halides is 1. The third kappa shape index (κ3) is 3.55. The number of rotatable bonds is 4. The minimum absolute atomic E-state index is 0.0754. The highest BCUT2D eigenvalue weighted by molar-refractivity contribution is 6.68. The Morgan fingerprint density at radius 2 is 1.89 bits per heavy atom. The molecular formula is C21H19ClN2O4. The lowest BCUT2D eigenvalue weighted by Gasteiger charge is -2.17. The standard InChI is InChI=1S/C21H19ClN2O4/c1-4-28-21(27)14-8-6-9-15(11-14)23-18-17(22)19(25)24(20(18)26)16-10-5-7-12(2)13(16)3/h5-11,17H,4H2,1-3H3. The maximum absolute atomic E-state index is 12.9. The summed E-state index contributed by atoms with van der Waals surface area (Å²) in [7, 11) is 0. The number of hydrogen-bond acceptors (Lipinski definition) is 5. The molecule has 7 heteroatoms. The molecule has 1 unspecified atom stereocenters. The number of aryl methyl sites for hydroxylation is 1. The van der Waals surface area contributed by atoms with E-state index in [1.54, 1.807) is 37.3 Å². The van der Waals surface area contributed by atoms with E-state index in [0.29, 0.717) is 16.9 Å². The van der Waals surface area contributed by atoms with Gasteiger partial charge in [0.2, 0.25) is 0 Å². The highest BCUT2D eigenvalue weighted by atomic mass is 35.5. The average molecular weight is 399 g/mol. The summed E-state index contributed by atoms with van der Waals surface area (Å²) >= 11 is 6.23. The zero-order chi connectivity index (χ0) is 20.4. The van der Waals surface area contributed by atoms with Gasteiger partial charge in [-0.25, -0.2) is 14.7 Å². The van der Waals surface area contributed by atoms with Crippen LogP contribution in [0.2, 0.25) is 0 Å². The van der Waals surface area contributed by atoms with Crippen LogP contribution in [0.5, 0.6) is 0 Å². The topological polar surface area (TPSA) is 76.0 Å². The van der Waals surface area contributed by atoms with Crippen molar-refractivity contribution in [3.05, 3.63) is 59.2 Å².